The number of benzene rings is 1. The zero-order valence-electron chi connectivity index (χ0n) is 18.8. The lowest BCUT2D eigenvalue weighted by atomic mass is 10.1. The smallest absolute Gasteiger partial charge is 0.326 e. The molecule has 0 aliphatic rings. The van der Waals surface area contributed by atoms with Gasteiger partial charge in [0.15, 0.2) is 0 Å². The highest BCUT2D eigenvalue weighted by Crippen LogP contribution is 2.04. The molecular weight excluding hydrogens is 460 g/mol. The first-order chi connectivity index (χ1) is 16.7. The van der Waals surface area contributed by atoms with E-state index in [1.165, 1.54) is 12.5 Å². The highest BCUT2D eigenvalue weighted by molar-refractivity contribution is 5.92. The second-order valence-corrected chi connectivity index (χ2v) is 7.75. The minimum atomic E-state index is -1.26. The molecule has 1 heterocycles. The summed E-state index contributed by atoms with van der Waals surface area (Å²) in [4.78, 5) is 66.3. The van der Waals surface area contributed by atoms with Crippen molar-refractivity contribution in [2.24, 2.45) is 5.73 Å². The maximum absolute atomic E-state index is 12.6. The number of carboxylic acid groups (broad SMARTS) is 2. The number of nitrogens with zero attached hydrogens (tertiary/aromatic N) is 1. The van der Waals surface area contributed by atoms with Crippen molar-refractivity contribution >= 4 is 29.7 Å². The second kappa shape index (κ2) is 13.4. The number of carbonyl (C=O) groups excluding carboxylic acids is 3. The summed E-state index contributed by atoms with van der Waals surface area (Å²) in [5, 5.41) is 25.4. The lowest BCUT2D eigenvalue weighted by Gasteiger charge is -2.20. The predicted octanol–water partition coefficient (Wildman–Crippen LogP) is -1.44. The minimum absolute atomic E-state index is 0.0430. The molecule has 2 aromatic rings. The van der Waals surface area contributed by atoms with Gasteiger partial charge in [-0.3, -0.25) is 19.2 Å². The van der Waals surface area contributed by atoms with Gasteiger partial charge in [0, 0.05) is 31.2 Å². The largest absolute Gasteiger partial charge is 0.481 e. The van der Waals surface area contributed by atoms with Crippen LogP contribution in [0.25, 0.3) is 0 Å². The molecule has 35 heavy (non-hydrogen) atoms. The number of hydrogen-bond acceptors (Lipinski definition) is 7. The van der Waals surface area contributed by atoms with Crippen LogP contribution in [0.2, 0.25) is 0 Å². The first kappa shape index (κ1) is 27.0. The van der Waals surface area contributed by atoms with Gasteiger partial charge in [-0.1, -0.05) is 30.3 Å². The Hall–Kier alpha value is -4.26. The molecule has 13 heteroatoms. The molecule has 0 saturated heterocycles. The lowest BCUT2D eigenvalue weighted by Crippen LogP contribution is -2.54. The molecule has 0 radical (unpaired) electrons. The fourth-order valence-corrected chi connectivity index (χ4v) is 3.13. The Bertz CT molecular complexity index is 1010. The highest BCUT2D eigenvalue weighted by Gasteiger charge is 2.26. The lowest BCUT2D eigenvalue weighted by molar-refractivity contribution is -0.141. The third kappa shape index (κ3) is 9.63. The summed E-state index contributed by atoms with van der Waals surface area (Å²) in [5.41, 5.74) is 7.15. The number of aliphatic carboxylic acids is 2. The van der Waals surface area contributed by atoms with Gasteiger partial charge in [-0.2, -0.15) is 0 Å². The average Bonchev–Trinajstić information content (AvgIpc) is 3.33. The molecular formula is C22H28N6O7. The number of imidazole rings is 1. The van der Waals surface area contributed by atoms with Crippen molar-refractivity contribution in [1.82, 2.24) is 25.9 Å². The van der Waals surface area contributed by atoms with Crippen LogP contribution in [0, 0.1) is 0 Å². The van der Waals surface area contributed by atoms with Crippen molar-refractivity contribution in [2.75, 3.05) is 6.54 Å². The maximum atomic E-state index is 12.6. The summed E-state index contributed by atoms with van der Waals surface area (Å²) >= 11 is 0. The van der Waals surface area contributed by atoms with Crippen LogP contribution in [-0.4, -0.2) is 74.5 Å². The van der Waals surface area contributed by atoms with Crippen molar-refractivity contribution in [3.63, 3.8) is 0 Å². The van der Waals surface area contributed by atoms with Crippen molar-refractivity contribution in [3.8, 4) is 0 Å². The molecule has 1 aromatic carbocycles. The van der Waals surface area contributed by atoms with E-state index >= 15 is 0 Å². The van der Waals surface area contributed by atoms with Gasteiger partial charge in [-0.15, -0.1) is 0 Å². The quantitative estimate of drug-likeness (QED) is 0.165. The summed E-state index contributed by atoms with van der Waals surface area (Å²) in [6.07, 6.45) is 2.40. The Balaban J connectivity index is 1.92. The Labute approximate surface area is 200 Å². The van der Waals surface area contributed by atoms with Gasteiger partial charge in [0.05, 0.1) is 18.9 Å². The van der Waals surface area contributed by atoms with Gasteiger partial charge < -0.3 is 36.9 Å². The highest BCUT2D eigenvalue weighted by atomic mass is 16.4. The number of carboxylic acids is 2. The van der Waals surface area contributed by atoms with E-state index < -0.39 is 60.8 Å². The maximum Gasteiger partial charge on any atom is 0.326 e. The van der Waals surface area contributed by atoms with Crippen LogP contribution in [0.4, 0.5) is 0 Å². The third-order valence-corrected chi connectivity index (χ3v) is 4.95. The molecule has 3 atom stereocenters. The molecule has 1 aromatic heterocycles. The second-order valence-electron chi connectivity index (χ2n) is 7.75. The van der Waals surface area contributed by atoms with E-state index in [1.54, 1.807) is 30.3 Å². The Morgan fingerprint density at radius 2 is 1.69 bits per heavy atom. The van der Waals surface area contributed by atoms with E-state index in [0.29, 0.717) is 11.3 Å². The van der Waals surface area contributed by atoms with Gasteiger partial charge >= 0.3 is 11.9 Å². The predicted molar refractivity (Wildman–Crippen MR) is 122 cm³/mol. The third-order valence-electron chi connectivity index (χ3n) is 4.95. The zero-order valence-corrected chi connectivity index (χ0v) is 18.8. The molecule has 13 nitrogen and oxygen atoms in total. The Morgan fingerprint density at radius 1 is 0.971 bits per heavy atom. The monoisotopic (exact) mass is 488 g/mol. The van der Waals surface area contributed by atoms with Crippen LogP contribution in [0.5, 0.6) is 0 Å². The van der Waals surface area contributed by atoms with Crippen LogP contribution < -0.4 is 21.7 Å². The number of amides is 3. The van der Waals surface area contributed by atoms with Gasteiger partial charge in [-0.05, 0) is 12.0 Å². The summed E-state index contributed by atoms with van der Waals surface area (Å²) in [5.74, 6) is -4.68. The van der Waals surface area contributed by atoms with E-state index in [-0.39, 0.29) is 19.3 Å². The molecule has 0 aliphatic carbocycles. The number of aromatic amines is 1. The molecule has 2 rings (SSSR count). The number of nitrogens with two attached hydrogens (primary N) is 1. The Kier molecular flexibility index (Phi) is 10.4. The van der Waals surface area contributed by atoms with Gasteiger partial charge in [0.25, 0.3) is 0 Å². The summed E-state index contributed by atoms with van der Waals surface area (Å²) in [7, 11) is 0. The molecule has 0 aliphatic heterocycles. The van der Waals surface area contributed by atoms with E-state index in [4.69, 9.17) is 10.8 Å². The van der Waals surface area contributed by atoms with Crippen molar-refractivity contribution < 1.29 is 34.2 Å². The number of nitrogens with one attached hydrogen (secondary N) is 4. The number of aromatic nitrogens is 2. The summed E-state index contributed by atoms with van der Waals surface area (Å²) in [6.45, 7) is -0.572. The molecule has 0 fully saturated rings. The summed E-state index contributed by atoms with van der Waals surface area (Å²) < 4.78 is 0. The SMILES string of the molecule is NC(Cc1cnc[nH]1)C(=O)NC(CCC(=O)O)C(=O)NCC(=O)NC(Cc1ccccc1)C(=O)O. The molecule has 0 bridgehead atoms. The van der Waals surface area contributed by atoms with E-state index in [0.717, 1.165) is 0 Å². The minimum Gasteiger partial charge on any atom is -0.481 e. The molecule has 3 amide bonds. The van der Waals surface area contributed by atoms with Crippen LogP contribution in [0.15, 0.2) is 42.9 Å². The van der Waals surface area contributed by atoms with E-state index in [1.807, 2.05) is 0 Å². The van der Waals surface area contributed by atoms with Crippen molar-refractivity contribution in [1.29, 1.82) is 0 Å². The fourth-order valence-electron chi connectivity index (χ4n) is 3.13. The number of carbonyl (C=O) groups is 5. The fraction of sp³-hybridized carbons (Fsp3) is 0.364. The van der Waals surface area contributed by atoms with Crippen molar-refractivity contribution in [2.45, 2.75) is 43.8 Å². The zero-order chi connectivity index (χ0) is 25.8. The van der Waals surface area contributed by atoms with Crippen molar-refractivity contribution in [3.05, 3.63) is 54.1 Å². The van der Waals surface area contributed by atoms with Crippen LogP contribution in [-0.2, 0) is 36.8 Å². The molecule has 3 unspecified atom stereocenters. The normalized spacial score (nSPS) is 13.2. The first-order valence-electron chi connectivity index (χ1n) is 10.7. The summed E-state index contributed by atoms with van der Waals surface area (Å²) in [6, 6.07) is 5.17. The van der Waals surface area contributed by atoms with E-state index in [9.17, 15) is 29.1 Å². The van der Waals surface area contributed by atoms with Gasteiger partial charge in [-0.25, -0.2) is 9.78 Å². The number of rotatable bonds is 14. The van der Waals surface area contributed by atoms with Crippen LogP contribution >= 0.6 is 0 Å². The molecule has 0 spiro atoms. The van der Waals surface area contributed by atoms with Crippen LogP contribution in [0.3, 0.4) is 0 Å². The number of hydrogen-bond donors (Lipinski definition) is 7. The molecule has 0 saturated carbocycles. The topological polar surface area (TPSA) is 217 Å². The standard InChI is InChI=1S/C22H28N6O7/c23-15(9-14-10-24-12-26-14)20(32)28-16(6-7-19(30)31)21(33)25-11-18(29)27-17(22(34)35)8-13-4-2-1-3-5-13/h1-5,10,12,15-17H,6-9,11,23H2,(H,24,26)(H,25,33)(H,27,29)(H,28,32)(H,30,31)(H,34,35). The average molecular weight is 489 g/mol. The van der Waals surface area contributed by atoms with Crippen LogP contribution in [0.1, 0.15) is 24.1 Å². The first-order valence-corrected chi connectivity index (χ1v) is 10.7. The Morgan fingerprint density at radius 3 is 2.29 bits per heavy atom. The van der Waals surface area contributed by atoms with Gasteiger partial charge in [0.1, 0.15) is 12.1 Å². The number of H-pyrrole nitrogens is 1. The van der Waals surface area contributed by atoms with Gasteiger partial charge in [0.2, 0.25) is 17.7 Å². The molecule has 188 valence electrons. The van der Waals surface area contributed by atoms with E-state index in [2.05, 4.69) is 25.9 Å². The molecule has 8 N–H and O–H groups in total.